The highest BCUT2D eigenvalue weighted by molar-refractivity contribution is 6.00. The summed E-state index contributed by atoms with van der Waals surface area (Å²) < 4.78 is 4.96. The number of carbonyl (C=O) groups is 1. The molecule has 1 rings (SSSR count). The van der Waals surface area contributed by atoms with Gasteiger partial charge in [-0.3, -0.25) is 4.79 Å². The topological polar surface area (TPSA) is 67.6 Å². The number of benzene rings is 1. The molecule has 0 saturated heterocycles. The number of carbonyl (C=O) groups excluding carboxylic acids is 1. The van der Waals surface area contributed by atoms with Crippen molar-refractivity contribution in [2.75, 3.05) is 45.0 Å². The lowest BCUT2D eigenvalue weighted by Crippen LogP contribution is -2.27. The SMILES string of the molecule is COCCCCNC(=O)c1cc(N)ccc1N(C)C. The third kappa shape index (κ3) is 4.79. The molecule has 0 aliphatic rings. The van der Waals surface area contributed by atoms with E-state index in [1.54, 1.807) is 19.2 Å². The fraction of sp³-hybridized carbons (Fsp3) is 0.500. The van der Waals surface area contributed by atoms with Crippen molar-refractivity contribution in [1.82, 2.24) is 5.32 Å². The van der Waals surface area contributed by atoms with Gasteiger partial charge in [0.15, 0.2) is 0 Å². The van der Waals surface area contributed by atoms with Crippen molar-refractivity contribution in [2.24, 2.45) is 0 Å². The number of nitrogens with two attached hydrogens (primary N) is 1. The zero-order valence-corrected chi connectivity index (χ0v) is 11.9. The minimum atomic E-state index is -0.0894. The van der Waals surface area contributed by atoms with Crippen molar-refractivity contribution < 1.29 is 9.53 Å². The van der Waals surface area contributed by atoms with Crippen LogP contribution in [0.4, 0.5) is 11.4 Å². The van der Waals surface area contributed by atoms with Gasteiger partial charge in [0.2, 0.25) is 0 Å². The molecule has 1 amide bonds. The van der Waals surface area contributed by atoms with Crippen LogP contribution in [-0.4, -0.2) is 40.3 Å². The van der Waals surface area contributed by atoms with E-state index in [1.807, 2.05) is 25.1 Å². The van der Waals surface area contributed by atoms with Gasteiger partial charge in [-0.1, -0.05) is 0 Å². The highest BCUT2D eigenvalue weighted by Crippen LogP contribution is 2.21. The van der Waals surface area contributed by atoms with Crippen LogP contribution < -0.4 is 16.0 Å². The molecule has 0 aliphatic heterocycles. The summed E-state index contributed by atoms with van der Waals surface area (Å²) in [7, 11) is 5.48. The summed E-state index contributed by atoms with van der Waals surface area (Å²) in [4.78, 5) is 14.0. The quantitative estimate of drug-likeness (QED) is 0.579. The number of nitrogen functional groups attached to an aromatic ring is 1. The van der Waals surface area contributed by atoms with E-state index >= 15 is 0 Å². The first-order valence-corrected chi connectivity index (χ1v) is 6.40. The predicted molar refractivity (Wildman–Crippen MR) is 78.6 cm³/mol. The minimum Gasteiger partial charge on any atom is -0.399 e. The van der Waals surface area contributed by atoms with E-state index in [1.165, 1.54) is 0 Å². The highest BCUT2D eigenvalue weighted by atomic mass is 16.5. The number of ether oxygens (including phenoxy) is 1. The molecule has 0 fully saturated rings. The lowest BCUT2D eigenvalue weighted by atomic mass is 10.1. The second kappa shape index (κ2) is 7.63. The van der Waals surface area contributed by atoms with E-state index in [0.717, 1.165) is 25.1 Å². The summed E-state index contributed by atoms with van der Waals surface area (Å²) in [6.07, 6.45) is 1.84. The Bertz CT molecular complexity index is 419. The van der Waals surface area contributed by atoms with Crippen molar-refractivity contribution >= 4 is 17.3 Å². The first-order valence-electron chi connectivity index (χ1n) is 6.40. The molecule has 5 heteroatoms. The number of anilines is 2. The molecular weight excluding hydrogens is 242 g/mol. The van der Waals surface area contributed by atoms with Gasteiger partial charge >= 0.3 is 0 Å². The maximum absolute atomic E-state index is 12.1. The molecule has 19 heavy (non-hydrogen) atoms. The van der Waals surface area contributed by atoms with E-state index in [4.69, 9.17) is 10.5 Å². The molecule has 0 heterocycles. The predicted octanol–water partition coefficient (Wildman–Crippen LogP) is 1.49. The van der Waals surface area contributed by atoms with Gasteiger partial charge in [-0.15, -0.1) is 0 Å². The van der Waals surface area contributed by atoms with Crippen molar-refractivity contribution in [1.29, 1.82) is 0 Å². The van der Waals surface area contributed by atoms with E-state index in [9.17, 15) is 4.79 Å². The third-order valence-corrected chi connectivity index (χ3v) is 2.81. The fourth-order valence-corrected chi connectivity index (χ4v) is 1.79. The number of unbranched alkanes of at least 4 members (excludes halogenated alkanes) is 1. The van der Waals surface area contributed by atoms with E-state index in [2.05, 4.69) is 5.32 Å². The Morgan fingerprint density at radius 3 is 2.74 bits per heavy atom. The first kappa shape index (κ1) is 15.3. The molecule has 106 valence electrons. The number of methoxy groups -OCH3 is 1. The Hall–Kier alpha value is -1.75. The molecule has 0 spiro atoms. The lowest BCUT2D eigenvalue weighted by molar-refractivity contribution is 0.0952. The van der Waals surface area contributed by atoms with Crippen molar-refractivity contribution in [2.45, 2.75) is 12.8 Å². The largest absolute Gasteiger partial charge is 0.399 e. The lowest BCUT2D eigenvalue weighted by Gasteiger charge is -2.17. The van der Waals surface area contributed by atoms with Crippen LogP contribution in [0.5, 0.6) is 0 Å². The van der Waals surface area contributed by atoms with Crippen LogP contribution in [0.15, 0.2) is 18.2 Å². The Kier molecular flexibility index (Phi) is 6.15. The zero-order valence-electron chi connectivity index (χ0n) is 11.9. The molecule has 1 aromatic carbocycles. The molecule has 0 aromatic heterocycles. The van der Waals surface area contributed by atoms with Gasteiger partial charge in [-0.05, 0) is 31.0 Å². The summed E-state index contributed by atoms with van der Waals surface area (Å²) >= 11 is 0. The van der Waals surface area contributed by atoms with Crippen LogP contribution in [-0.2, 0) is 4.74 Å². The molecule has 5 nitrogen and oxygen atoms in total. The van der Waals surface area contributed by atoms with Gasteiger partial charge in [0.05, 0.1) is 5.56 Å². The van der Waals surface area contributed by atoms with Gasteiger partial charge in [-0.2, -0.15) is 0 Å². The van der Waals surface area contributed by atoms with Gasteiger partial charge in [0, 0.05) is 45.7 Å². The Labute approximate surface area is 114 Å². The van der Waals surface area contributed by atoms with Crippen LogP contribution in [0, 0.1) is 0 Å². The molecule has 0 unspecified atom stereocenters. The Balaban J connectivity index is 2.63. The molecule has 1 aromatic rings. The first-order chi connectivity index (χ1) is 9.06. The van der Waals surface area contributed by atoms with E-state index < -0.39 is 0 Å². The van der Waals surface area contributed by atoms with Crippen molar-refractivity contribution in [3.63, 3.8) is 0 Å². The van der Waals surface area contributed by atoms with Gasteiger partial charge < -0.3 is 20.7 Å². The van der Waals surface area contributed by atoms with Crippen LogP contribution in [0.2, 0.25) is 0 Å². The smallest absolute Gasteiger partial charge is 0.253 e. The molecule has 0 aliphatic carbocycles. The summed E-state index contributed by atoms with van der Waals surface area (Å²) in [5, 5.41) is 2.90. The van der Waals surface area contributed by atoms with Crippen LogP contribution in [0.25, 0.3) is 0 Å². The van der Waals surface area contributed by atoms with Gasteiger partial charge in [-0.25, -0.2) is 0 Å². The number of nitrogens with one attached hydrogen (secondary N) is 1. The fourth-order valence-electron chi connectivity index (χ4n) is 1.79. The van der Waals surface area contributed by atoms with E-state index in [0.29, 0.717) is 17.8 Å². The molecule has 0 bridgehead atoms. The molecule has 0 radical (unpaired) electrons. The van der Waals surface area contributed by atoms with Crippen molar-refractivity contribution in [3.8, 4) is 0 Å². The third-order valence-electron chi connectivity index (χ3n) is 2.81. The van der Waals surface area contributed by atoms with Crippen LogP contribution in [0.1, 0.15) is 23.2 Å². The summed E-state index contributed by atoms with van der Waals surface area (Å²) in [6, 6.07) is 5.36. The van der Waals surface area contributed by atoms with Gasteiger partial charge in [0.1, 0.15) is 0 Å². The molecular formula is C14H23N3O2. The number of nitrogens with zero attached hydrogens (tertiary/aromatic N) is 1. The summed E-state index contributed by atoms with van der Waals surface area (Å²) in [6.45, 7) is 1.36. The van der Waals surface area contributed by atoms with Crippen molar-refractivity contribution in [3.05, 3.63) is 23.8 Å². The number of hydrogen-bond donors (Lipinski definition) is 2. The monoisotopic (exact) mass is 265 g/mol. The summed E-state index contributed by atoms with van der Waals surface area (Å²) in [5.41, 5.74) is 7.81. The average Bonchev–Trinajstić information content (AvgIpc) is 2.37. The average molecular weight is 265 g/mol. The number of rotatable bonds is 7. The van der Waals surface area contributed by atoms with Crippen LogP contribution in [0.3, 0.4) is 0 Å². The second-order valence-corrected chi connectivity index (χ2v) is 4.63. The summed E-state index contributed by atoms with van der Waals surface area (Å²) in [5.74, 6) is -0.0894. The number of amides is 1. The number of hydrogen-bond acceptors (Lipinski definition) is 4. The Morgan fingerprint density at radius 1 is 1.37 bits per heavy atom. The normalized spacial score (nSPS) is 10.3. The molecule has 3 N–H and O–H groups in total. The van der Waals surface area contributed by atoms with Gasteiger partial charge in [0.25, 0.3) is 5.91 Å². The Morgan fingerprint density at radius 2 is 2.11 bits per heavy atom. The van der Waals surface area contributed by atoms with E-state index in [-0.39, 0.29) is 5.91 Å². The maximum atomic E-state index is 12.1. The maximum Gasteiger partial charge on any atom is 0.253 e. The minimum absolute atomic E-state index is 0.0894. The zero-order chi connectivity index (χ0) is 14.3. The second-order valence-electron chi connectivity index (χ2n) is 4.63. The van der Waals surface area contributed by atoms with Crippen LogP contribution >= 0.6 is 0 Å². The highest BCUT2D eigenvalue weighted by Gasteiger charge is 2.12. The molecule has 0 atom stereocenters. The standard InChI is InChI=1S/C14H23N3O2/c1-17(2)13-7-6-11(15)10-12(13)14(18)16-8-4-5-9-19-3/h6-7,10H,4-5,8-9,15H2,1-3H3,(H,16,18). The molecule has 0 saturated carbocycles.